The Hall–Kier alpha value is -2.62. The monoisotopic (exact) mass is 250 g/mol. The van der Waals surface area contributed by atoms with E-state index in [2.05, 4.69) is 33.6 Å². The molecule has 2 N–H and O–H groups in total. The first-order chi connectivity index (χ1) is 9.25. The Morgan fingerprint density at radius 1 is 1.16 bits per heavy atom. The molecule has 0 atom stereocenters. The zero-order chi connectivity index (χ0) is 13.2. The number of hydrogen-bond acceptors (Lipinski definition) is 3. The summed E-state index contributed by atoms with van der Waals surface area (Å²) in [7, 11) is 0. The van der Waals surface area contributed by atoms with Crippen molar-refractivity contribution in [3.8, 4) is 16.9 Å². The molecule has 0 bridgehead atoms. The van der Waals surface area contributed by atoms with E-state index in [4.69, 9.17) is 5.73 Å². The first-order valence-corrected chi connectivity index (χ1v) is 6.06. The summed E-state index contributed by atoms with van der Waals surface area (Å²) in [6.07, 6.45) is 5.36. The van der Waals surface area contributed by atoms with Crippen LogP contribution in [0.4, 0.5) is 5.82 Å². The fourth-order valence-corrected chi connectivity index (χ4v) is 2.14. The van der Waals surface area contributed by atoms with Crippen molar-refractivity contribution in [2.75, 3.05) is 5.73 Å². The zero-order valence-electron chi connectivity index (χ0n) is 10.6. The average molecular weight is 250 g/mol. The van der Waals surface area contributed by atoms with E-state index >= 15 is 0 Å². The zero-order valence-corrected chi connectivity index (χ0v) is 10.6. The van der Waals surface area contributed by atoms with Crippen molar-refractivity contribution >= 4 is 5.82 Å². The van der Waals surface area contributed by atoms with E-state index in [-0.39, 0.29) is 0 Å². The summed E-state index contributed by atoms with van der Waals surface area (Å²) >= 11 is 0. The molecule has 0 aliphatic heterocycles. The third-order valence-electron chi connectivity index (χ3n) is 3.09. The summed E-state index contributed by atoms with van der Waals surface area (Å²) < 4.78 is 2.06. The van der Waals surface area contributed by atoms with Crippen LogP contribution in [0.1, 0.15) is 5.56 Å². The van der Waals surface area contributed by atoms with Gasteiger partial charge in [-0.15, -0.1) is 0 Å². The highest BCUT2D eigenvalue weighted by Crippen LogP contribution is 2.24. The normalized spacial score (nSPS) is 10.6. The number of para-hydroxylation sites is 1. The molecular formula is C15H14N4. The van der Waals surface area contributed by atoms with Gasteiger partial charge in [-0.1, -0.05) is 18.2 Å². The number of aryl methyl sites for hydroxylation is 1. The lowest BCUT2D eigenvalue weighted by molar-refractivity contribution is 1.05. The molecule has 0 spiro atoms. The van der Waals surface area contributed by atoms with E-state index in [0.717, 1.165) is 16.9 Å². The quantitative estimate of drug-likeness (QED) is 0.760. The van der Waals surface area contributed by atoms with Crippen LogP contribution in [0.25, 0.3) is 16.9 Å². The summed E-state index contributed by atoms with van der Waals surface area (Å²) in [6.45, 7) is 2.08. The minimum atomic E-state index is 0.509. The van der Waals surface area contributed by atoms with Crippen molar-refractivity contribution < 1.29 is 0 Å². The summed E-state index contributed by atoms with van der Waals surface area (Å²) in [4.78, 5) is 8.27. The van der Waals surface area contributed by atoms with E-state index in [9.17, 15) is 0 Å². The highest BCUT2D eigenvalue weighted by molar-refractivity contribution is 5.64. The third-order valence-corrected chi connectivity index (χ3v) is 3.09. The molecule has 0 fully saturated rings. The number of nitrogens with two attached hydrogens (primary N) is 1. The van der Waals surface area contributed by atoms with Gasteiger partial charge in [-0.2, -0.15) is 0 Å². The molecule has 3 rings (SSSR count). The SMILES string of the molecule is Cc1ccccc1-n1cncc1-c1ccnc(N)c1. The van der Waals surface area contributed by atoms with Crippen LogP contribution in [0.15, 0.2) is 55.1 Å². The Bertz CT molecular complexity index is 715. The lowest BCUT2D eigenvalue weighted by Crippen LogP contribution is -1.98. The number of benzene rings is 1. The van der Waals surface area contributed by atoms with Gasteiger partial charge >= 0.3 is 0 Å². The summed E-state index contributed by atoms with van der Waals surface area (Å²) in [5, 5.41) is 0. The largest absolute Gasteiger partial charge is 0.384 e. The molecular weight excluding hydrogens is 236 g/mol. The Balaban J connectivity index is 2.16. The number of aromatic nitrogens is 3. The number of nitrogens with zero attached hydrogens (tertiary/aromatic N) is 3. The van der Waals surface area contributed by atoms with Gasteiger partial charge in [0.1, 0.15) is 5.82 Å². The van der Waals surface area contributed by atoms with E-state index in [1.807, 2.05) is 36.8 Å². The molecule has 0 amide bonds. The minimum absolute atomic E-state index is 0.509. The molecule has 94 valence electrons. The summed E-state index contributed by atoms with van der Waals surface area (Å²) in [5.74, 6) is 0.509. The maximum absolute atomic E-state index is 5.74. The predicted octanol–water partition coefficient (Wildman–Crippen LogP) is 2.82. The van der Waals surface area contributed by atoms with Gasteiger partial charge in [0.25, 0.3) is 0 Å². The number of pyridine rings is 1. The predicted molar refractivity (Wildman–Crippen MR) is 75.9 cm³/mol. The van der Waals surface area contributed by atoms with Crippen LogP contribution in [0, 0.1) is 6.92 Å². The molecule has 0 saturated heterocycles. The van der Waals surface area contributed by atoms with Gasteiger partial charge in [0.15, 0.2) is 0 Å². The van der Waals surface area contributed by atoms with Crippen LogP contribution in [0.3, 0.4) is 0 Å². The van der Waals surface area contributed by atoms with Crippen LogP contribution in [-0.4, -0.2) is 14.5 Å². The Labute approximate surface area is 111 Å². The third kappa shape index (κ3) is 2.08. The lowest BCUT2D eigenvalue weighted by atomic mass is 10.1. The first-order valence-electron chi connectivity index (χ1n) is 6.06. The Kier molecular flexibility index (Phi) is 2.76. The molecule has 0 aliphatic rings. The smallest absolute Gasteiger partial charge is 0.123 e. The van der Waals surface area contributed by atoms with E-state index in [1.165, 1.54) is 5.56 Å². The van der Waals surface area contributed by atoms with E-state index < -0.39 is 0 Å². The molecule has 2 aromatic heterocycles. The molecule has 0 aliphatic carbocycles. The van der Waals surface area contributed by atoms with Crippen molar-refractivity contribution in [1.82, 2.24) is 14.5 Å². The number of rotatable bonds is 2. The number of nitrogen functional groups attached to an aromatic ring is 1. The van der Waals surface area contributed by atoms with Gasteiger partial charge in [-0.3, -0.25) is 4.57 Å². The fourth-order valence-electron chi connectivity index (χ4n) is 2.14. The van der Waals surface area contributed by atoms with Crippen molar-refractivity contribution in [3.63, 3.8) is 0 Å². The van der Waals surface area contributed by atoms with Crippen LogP contribution in [0.5, 0.6) is 0 Å². The molecule has 4 heteroatoms. The second-order valence-electron chi connectivity index (χ2n) is 4.40. The lowest BCUT2D eigenvalue weighted by Gasteiger charge is -2.11. The molecule has 0 unspecified atom stereocenters. The highest BCUT2D eigenvalue weighted by Gasteiger charge is 2.08. The summed E-state index contributed by atoms with van der Waals surface area (Å²) in [5.41, 5.74) is 10.1. The van der Waals surface area contributed by atoms with Crippen molar-refractivity contribution in [2.24, 2.45) is 0 Å². The topological polar surface area (TPSA) is 56.7 Å². The first kappa shape index (κ1) is 11.5. The molecule has 4 nitrogen and oxygen atoms in total. The Morgan fingerprint density at radius 3 is 2.79 bits per heavy atom. The van der Waals surface area contributed by atoms with Gasteiger partial charge in [0.2, 0.25) is 0 Å². The minimum Gasteiger partial charge on any atom is -0.384 e. The number of hydrogen-bond donors (Lipinski definition) is 1. The maximum Gasteiger partial charge on any atom is 0.123 e. The number of imidazole rings is 1. The second-order valence-corrected chi connectivity index (χ2v) is 4.40. The van der Waals surface area contributed by atoms with Gasteiger partial charge in [-0.05, 0) is 30.7 Å². The molecule has 2 heterocycles. The molecule has 3 aromatic rings. The van der Waals surface area contributed by atoms with Gasteiger partial charge in [0.05, 0.1) is 23.9 Å². The van der Waals surface area contributed by atoms with Crippen LogP contribution < -0.4 is 5.73 Å². The summed E-state index contributed by atoms with van der Waals surface area (Å²) in [6, 6.07) is 12.0. The molecule has 0 radical (unpaired) electrons. The average Bonchev–Trinajstić information content (AvgIpc) is 2.88. The van der Waals surface area contributed by atoms with Gasteiger partial charge < -0.3 is 5.73 Å². The maximum atomic E-state index is 5.74. The van der Waals surface area contributed by atoms with Gasteiger partial charge in [-0.25, -0.2) is 9.97 Å². The molecule has 0 saturated carbocycles. The Morgan fingerprint density at radius 2 is 2.00 bits per heavy atom. The van der Waals surface area contributed by atoms with E-state index in [1.54, 1.807) is 6.20 Å². The number of anilines is 1. The standard InChI is InChI=1S/C15H14N4/c1-11-4-2-3-5-13(11)19-10-17-9-14(19)12-6-7-18-15(16)8-12/h2-10H,1H3,(H2,16,18). The van der Waals surface area contributed by atoms with Crippen molar-refractivity contribution in [1.29, 1.82) is 0 Å². The van der Waals surface area contributed by atoms with Crippen molar-refractivity contribution in [3.05, 3.63) is 60.7 Å². The van der Waals surface area contributed by atoms with Crippen LogP contribution in [0.2, 0.25) is 0 Å². The van der Waals surface area contributed by atoms with Gasteiger partial charge in [0, 0.05) is 11.8 Å². The van der Waals surface area contributed by atoms with E-state index in [0.29, 0.717) is 5.82 Å². The van der Waals surface area contributed by atoms with Crippen LogP contribution in [-0.2, 0) is 0 Å². The molecule has 19 heavy (non-hydrogen) atoms. The van der Waals surface area contributed by atoms with Crippen LogP contribution >= 0.6 is 0 Å². The fraction of sp³-hybridized carbons (Fsp3) is 0.0667. The second kappa shape index (κ2) is 4.57. The molecule has 1 aromatic carbocycles. The highest BCUT2D eigenvalue weighted by atomic mass is 15.1. The van der Waals surface area contributed by atoms with Crippen molar-refractivity contribution in [2.45, 2.75) is 6.92 Å².